The molecule has 0 saturated heterocycles. The van der Waals surface area contributed by atoms with Crippen LogP contribution in [0.25, 0.3) is 0 Å². The van der Waals surface area contributed by atoms with E-state index in [1.54, 1.807) is 6.20 Å². The van der Waals surface area contributed by atoms with E-state index in [1.165, 1.54) is 12.8 Å². The number of rotatable bonds is 5. The largest absolute Gasteiger partial charge is 0.312 e. The second-order valence-electron chi connectivity index (χ2n) is 4.27. The van der Waals surface area contributed by atoms with Crippen molar-refractivity contribution in [2.45, 2.75) is 45.2 Å². The van der Waals surface area contributed by atoms with E-state index in [2.05, 4.69) is 17.3 Å². The highest BCUT2D eigenvalue weighted by molar-refractivity contribution is 6.31. The van der Waals surface area contributed by atoms with Crippen molar-refractivity contribution in [1.82, 2.24) is 15.1 Å². The zero-order valence-corrected chi connectivity index (χ0v) is 10.1. The lowest BCUT2D eigenvalue weighted by molar-refractivity contribution is 0.404. The lowest BCUT2D eigenvalue weighted by Crippen LogP contribution is -2.27. The highest BCUT2D eigenvalue weighted by Gasteiger charge is 2.22. The molecule has 1 aromatic rings. The van der Waals surface area contributed by atoms with Crippen LogP contribution in [0.1, 0.15) is 37.9 Å². The number of halogens is 1. The maximum atomic E-state index is 6.00. The Morgan fingerprint density at radius 1 is 1.67 bits per heavy atom. The van der Waals surface area contributed by atoms with Crippen LogP contribution in [0.2, 0.25) is 5.02 Å². The number of nitrogens with one attached hydrogen (secondary N) is 1. The van der Waals surface area contributed by atoms with E-state index in [0.717, 1.165) is 29.7 Å². The minimum Gasteiger partial charge on any atom is -0.312 e. The zero-order valence-electron chi connectivity index (χ0n) is 9.33. The van der Waals surface area contributed by atoms with Crippen molar-refractivity contribution in [3.63, 3.8) is 0 Å². The van der Waals surface area contributed by atoms with Gasteiger partial charge in [0.1, 0.15) is 0 Å². The van der Waals surface area contributed by atoms with Crippen LogP contribution < -0.4 is 5.32 Å². The first kappa shape index (κ1) is 11.0. The molecule has 84 valence electrons. The summed E-state index contributed by atoms with van der Waals surface area (Å²) >= 11 is 6.00. The Kier molecular flexibility index (Phi) is 3.32. The molecule has 0 aromatic carbocycles. The van der Waals surface area contributed by atoms with Crippen molar-refractivity contribution in [3.05, 3.63) is 16.9 Å². The maximum absolute atomic E-state index is 6.00. The van der Waals surface area contributed by atoms with Gasteiger partial charge in [-0.25, -0.2) is 0 Å². The molecule has 4 heteroatoms. The third-order valence-corrected chi connectivity index (χ3v) is 3.39. The molecule has 1 unspecified atom stereocenters. The van der Waals surface area contributed by atoms with E-state index in [0.29, 0.717) is 6.04 Å². The Balaban J connectivity index is 2.00. The Morgan fingerprint density at radius 2 is 2.40 bits per heavy atom. The number of hydrogen-bond acceptors (Lipinski definition) is 2. The van der Waals surface area contributed by atoms with E-state index >= 15 is 0 Å². The molecule has 1 aliphatic rings. The molecule has 1 atom stereocenters. The molecule has 1 heterocycles. The summed E-state index contributed by atoms with van der Waals surface area (Å²) in [6, 6.07) is 1.18. The standard InChI is InChI=1S/C11H18ClN3/c1-3-10(6-13-9-4-5-9)15-8(2)11(12)7-14-15/h7,9-10,13H,3-6H2,1-2H3. The summed E-state index contributed by atoms with van der Waals surface area (Å²) in [4.78, 5) is 0. The van der Waals surface area contributed by atoms with Crippen LogP contribution in [-0.4, -0.2) is 22.4 Å². The summed E-state index contributed by atoms with van der Waals surface area (Å²) in [6.07, 6.45) is 5.47. The fourth-order valence-corrected chi connectivity index (χ4v) is 1.89. The third kappa shape index (κ3) is 2.52. The average molecular weight is 228 g/mol. The van der Waals surface area contributed by atoms with Crippen molar-refractivity contribution in [2.75, 3.05) is 6.54 Å². The van der Waals surface area contributed by atoms with Gasteiger partial charge in [0.25, 0.3) is 0 Å². The number of nitrogens with zero attached hydrogens (tertiary/aromatic N) is 2. The first-order valence-corrected chi connectivity index (χ1v) is 6.03. The topological polar surface area (TPSA) is 29.9 Å². The van der Waals surface area contributed by atoms with Crippen LogP contribution in [0, 0.1) is 6.92 Å². The van der Waals surface area contributed by atoms with E-state index < -0.39 is 0 Å². The summed E-state index contributed by atoms with van der Waals surface area (Å²) in [5.74, 6) is 0. The molecule has 1 N–H and O–H groups in total. The molecule has 2 rings (SSSR count). The number of aromatic nitrogens is 2. The average Bonchev–Trinajstić information content (AvgIpc) is 3.00. The first-order chi connectivity index (χ1) is 7.22. The molecule has 1 fully saturated rings. The van der Waals surface area contributed by atoms with Crippen molar-refractivity contribution in [1.29, 1.82) is 0 Å². The quantitative estimate of drug-likeness (QED) is 0.838. The van der Waals surface area contributed by atoms with Gasteiger partial charge in [0.05, 0.1) is 23.0 Å². The molecule has 3 nitrogen and oxygen atoms in total. The predicted molar refractivity (Wildman–Crippen MR) is 62.3 cm³/mol. The van der Waals surface area contributed by atoms with Crippen LogP contribution in [0.15, 0.2) is 6.20 Å². The Labute approximate surface area is 95.8 Å². The number of hydrogen-bond donors (Lipinski definition) is 1. The first-order valence-electron chi connectivity index (χ1n) is 5.65. The lowest BCUT2D eigenvalue weighted by Gasteiger charge is -2.18. The Morgan fingerprint density at radius 3 is 2.87 bits per heavy atom. The molecule has 1 saturated carbocycles. The van der Waals surface area contributed by atoms with Crippen LogP contribution in [0.4, 0.5) is 0 Å². The van der Waals surface area contributed by atoms with Gasteiger partial charge in [-0.1, -0.05) is 18.5 Å². The fraction of sp³-hybridized carbons (Fsp3) is 0.727. The minimum atomic E-state index is 0.429. The summed E-state index contributed by atoms with van der Waals surface area (Å²) < 4.78 is 2.04. The maximum Gasteiger partial charge on any atom is 0.0815 e. The highest BCUT2D eigenvalue weighted by atomic mass is 35.5. The fourth-order valence-electron chi connectivity index (χ4n) is 1.76. The minimum absolute atomic E-state index is 0.429. The van der Waals surface area contributed by atoms with Crippen molar-refractivity contribution in [2.24, 2.45) is 0 Å². The van der Waals surface area contributed by atoms with Gasteiger partial charge >= 0.3 is 0 Å². The third-order valence-electron chi connectivity index (χ3n) is 3.02. The smallest absolute Gasteiger partial charge is 0.0815 e. The van der Waals surface area contributed by atoms with Crippen molar-refractivity contribution >= 4 is 11.6 Å². The molecular weight excluding hydrogens is 210 g/mol. The van der Waals surface area contributed by atoms with E-state index in [9.17, 15) is 0 Å². The van der Waals surface area contributed by atoms with Crippen LogP contribution in [0.5, 0.6) is 0 Å². The molecule has 0 amide bonds. The van der Waals surface area contributed by atoms with Gasteiger partial charge in [0.15, 0.2) is 0 Å². The van der Waals surface area contributed by atoms with Crippen LogP contribution in [-0.2, 0) is 0 Å². The molecule has 15 heavy (non-hydrogen) atoms. The Hall–Kier alpha value is -0.540. The molecule has 1 aliphatic carbocycles. The molecule has 0 spiro atoms. The summed E-state index contributed by atoms with van der Waals surface area (Å²) in [5, 5.41) is 8.63. The van der Waals surface area contributed by atoms with Gasteiger partial charge in [-0.15, -0.1) is 0 Å². The lowest BCUT2D eigenvalue weighted by atomic mass is 10.2. The highest BCUT2D eigenvalue weighted by Crippen LogP contribution is 2.22. The monoisotopic (exact) mass is 227 g/mol. The predicted octanol–water partition coefficient (Wildman–Crippen LogP) is 2.55. The Bertz CT molecular complexity index is 331. The van der Waals surface area contributed by atoms with Crippen LogP contribution >= 0.6 is 11.6 Å². The second kappa shape index (κ2) is 4.54. The van der Waals surface area contributed by atoms with Gasteiger partial charge in [-0.3, -0.25) is 4.68 Å². The van der Waals surface area contributed by atoms with E-state index in [1.807, 2.05) is 11.6 Å². The van der Waals surface area contributed by atoms with Crippen molar-refractivity contribution < 1.29 is 0 Å². The molecular formula is C11H18ClN3. The summed E-state index contributed by atoms with van der Waals surface area (Å²) in [7, 11) is 0. The molecule has 1 aromatic heterocycles. The zero-order chi connectivity index (χ0) is 10.8. The van der Waals surface area contributed by atoms with Gasteiger partial charge in [0, 0.05) is 12.6 Å². The molecule has 0 bridgehead atoms. The SMILES string of the molecule is CCC(CNC1CC1)n1ncc(Cl)c1C. The van der Waals surface area contributed by atoms with Gasteiger partial charge < -0.3 is 5.32 Å². The second-order valence-corrected chi connectivity index (χ2v) is 4.67. The van der Waals surface area contributed by atoms with E-state index in [-0.39, 0.29) is 0 Å². The molecule has 0 aliphatic heterocycles. The normalized spacial score (nSPS) is 18.1. The van der Waals surface area contributed by atoms with E-state index in [4.69, 9.17) is 11.6 Å². The van der Waals surface area contributed by atoms with Gasteiger partial charge in [-0.05, 0) is 26.2 Å². The molecule has 0 radical (unpaired) electrons. The summed E-state index contributed by atoms with van der Waals surface area (Å²) in [5.41, 5.74) is 1.07. The summed E-state index contributed by atoms with van der Waals surface area (Å²) in [6.45, 7) is 5.21. The van der Waals surface area contributed by atoms with Crippen LogP contribution in [0.3, 0.4) is 0 Å². The van der Waals surface area contributed by atoms with Gasteiger partial charge in [0.2, 0.25) is 0 Å². The van der Waals surface area contributed by atoms with Crippen molar-refractivity contribution in [3.8, 4) is 0 Å². The van der Waals surface area contributed by atoms with Gasteiger partial charge in [-0.2, -0.15) is 5.10 Å².